The Balaban J connectivity index is 1.42. The van der Waals surface area contributed by atoms with E-state index in [-0.39, 0.29) is 36.0 Å². The van der Waals surface area contributed by atoms with Gasteiger partial charge in [0.2, 0.25) is 5.91 Å². The molecule has 0 atom stereocenters. The molecule has 0 aliphatic heterocycles. The summed E-state index contributed by atoms with van der Waals surface area (Å²) in [6.07, 6.45) is 0.190. The van der Waals surface area contributed by atoms with Crippen LogP contribution >= 0.6 is 0 Å². The van der Waals surface area contributed by atoms with Crippen molar-refractivity contribution < 1.29 is 23.1 Å². The molecule has 3 rings (SSSR count). The zero-order chi connectivity index (χ0) is 20.3. The molecule has 1 aromatic carbocycles. The van der Waals surface area contributed by atoms with Gasteiger partial charge in [0.15, 0.2) is 5.82 Å². The van der Waals surface area contributed by atoms with Gasteiger partial charge in [-0.2, -0.15) is 5.10 Å². The van der Waals surface area contributed by atoms with E-state index in [9.17, 15) is 18.4 Å². The molecule has 150 valence electrons. The molecule has 1 aliphatic rings. The number of hydrogen-bond acceptors (Lipinski definition) is 4. The lowest BCUT2D eigenvalue weighted by Gasteiger charge is -2.33. The zero-order valence-electron chi connectivity index (χ0n) is 15.6. The van der Waals surface area contributed by atoms with Crippen molar-refractivity contribution in [1.82, 2.24) is 15.5 Å². The van der Waals surface area contributed by atoms with Crippen LogP contribution in [0.25, 0.3) is 0 Å². The second-order valence-corrected chi connectivity index (χ2v) is 7.10. The quantitative estimate of drug-likeness (QED) is 0.702. The number of benzene rings is 1. The molecule has 1 aliphatic carbocycles. The number of hydrogen-bond donors (Lipinski definition) is 3. The van der Waals surface area contributed by atoms with Crippen molar-refractivity contribution in [3.05, 3.63) is 47.2 Å². The Morgan fingerprint density at radius 2 is 1.96 bits per heavy atom. The van der Waals surface area contributed by atoms with Crippen molar-refractivity contribution in [3.63, 3.8) is 0 Å². The van der Waals surface area contributed by atoms with Gasteiger partial charge in [-0.25, -0.2) is 13.6 Å². The number of anilines is 1. The number of carbonyl (C=O) groups excluding carboxylic acids is 2. The van der Waals surface area contributed by atoms with Crippen LogP contribution in [-0.4, -0.2) is 28.3 Å². The Kier molecular flexibility index (Phi) is 5.91. The smallest absolute Gasteiger partial charge is 0.407 e. The maximum Gasteiger partial charge on any atom is 0.407 e. The van der Waals surface area contributed by atoms with Crippen LogP contribution in [0.15, 0.2) is 24.3 Å². The normalized spacial score (nSPS) is 18.5. The maximum absolute atomic E-state index is 13.5. The molecule has 9 heteroatoms. The summed E-state index contributed by atoms with van der Waals surface area (Å²) in [6, 6.07) is 5.28. The first-order valence-electron chi connectivity index (χ1n) is 9.07. The predicted molar refractivity (Wildman–Crippen MR) is 97.5 cm³/mol. The van der Waals surface area contributed by atoms with E-state index in [4.69, 9.17) is 4.74 Å². The molecule has 1 heterocycles. The second kappa shape index (κ2) is 8.37. The third kappa shape index (κ3) is 4.65. The lowest BCUT2D eigenvalue weighted by molar-refractivity contribution is -0.118. The van der Waals surface area contributed by atoms with Crippen LogP contribution in [0, 0.1) is 17.6 Å². The lowest BCUT2D eigenvalue weighted by atomic mass is 9.80. The molecule has 0 bridgehead atoms. The Morgan fingerprint density at radius 1 is 1.29 bits per heavy atom. The molecule has 0 saturated heterocycles. The Hall–Kier alpha value is -2.97. The Labute approximate surface area is 160 Å². The van der Waals surface area contributed by atoms with Gasteiger partial charge >= 0.3 is 6.09 Å². The molecule has 0 unspecified atom stereocenters. The first-order valence-corrected chi connectivity index (χ1v) is 9.07. The molecule has 2 aromatic rings. The first-order chi connectivity index (χ1) is 13.3. The summed E-state index contributed by atoms with van der Waals surface area (Å²) in [4.78, 5) is 23.5. The van der Waals surface area contributed by atoms with Crippen molar-refractivity contribution in [2.75, 3.05) is 5.32 Å². The molecular weight excluding hydrogens is 370 g/mol. The Bertz CT molecular complexity index is 842. The summed E-state index contributed by atoms with van der Waals surface area (Å²) in [5.41, 5.74) is 0.645. The minimum absolute atomic E-state index is 0.115. The number of halogens is 2. The SMILES string of the molecule is CC(C)C(=O)Nc1cc(C2CC(OC(=O)NCc3c(F)cccc3F)C2)[nH]n1. The fraction of sp³-hybridized carbons (Fsp3) is 0.421. The molecule has 1 fully saturated rings. The van der Waals surface area contributed by atoms with E-state index < -0.39 is 17.7 Å². The summed E-state index contributed by atoms with van der Waals surface area (Å²) in [6.45, 7) is 3.30. The van der Waals surface area contributed by atoms with Crippen LogP contribution < -0.4 is 10.6 Å². The van der Waals surface area contributed by atoms with Crippen molar-refractivity contribution in [2.24, 2.45) is 5.92 Å². The van der Waals surface area contributed by atoms with E-state index in [0.29, 0.717) is 18.7 Å². The molecule has 0 radical (unpaired) electrons. The number of aromatic amines is 1. The standard InChI is InChI=1S/C19H22F2N4O3/c1-10(2)18(26)23-17-8-16(24-25-17)11-6-12(7-11)28-19(27)22-9-13-14(20)4-3-5-15(13)21/h3-5,8,10-12H,6-7,9H2,1-2H3,(H,22,27)(H2,23,24,25,26). The molecule has 28 heavy (non-hydrogen) atoms. The molecular formula is C19H22F2N4O3. The molecule has 0 spiro atoms. The number of carbonyl (C=O) groups is 2. The summed E-state index contributed by atoms with van der Waals surface area (Å²) in [5.74, 6) is -1.09. The van der Waals surface area contributed by atoms with Crippen molar-refractivity contribution in [3.8, 4) is 0 Å². The van der Waals surface area contributed by atoms with Gasteiger partial charge in [-0.3, -0.25) is 9.89 Å². The van der Waals surface area contributed by atoms with Gasteiger partial charge in [0.1, 0.15) is 17.7 Å². The third-order valence-corrected chi connectivity index (χ3v) is 4.65. The van der Waals surface area contributed by atoms with Gasteiger partial charge in [-0.15, -0.1) is 0 Å². The van der Waals surface area contributed by atoms with Crippen molar-refractivity contribution >= 4 is 17.8 Å². The van der Waals surface area contributed by atoms with E-state index in [1.54, 1.807) is 19.9 Å². The lowest BCUT2D eigenvalue weighted by Crippen LogP contribution is -2.36. The van der Waals surface area contributed by atoms with Gasteiger partial charge in [-0.05, 0) is 25.0 Å². The van der Waals surface area contributed by atoms with Gasteiger partial charge < -0.3 is 15.4 Å². The van der Waals surface area contributed by atoms with Crippen molar-refractivity contribution in [1.29, 1.82) is 0 Å². The number of nitrogens with zero attached hydrogens (tertiary/aromatic N) is 1. The summed E-state index contributed by atoms with van der Waals surface area (Å²) < 4.78 is 32.3. The fourth-order valence-corrected chi connectivity index (χ4v) is 2.85. The Morgan fingerprint density at radius 3 is 2.61 bits per heavy atom. The second-order valence-electron chi connectivity index (χ2n) is 7.10. The van der Waals surface area contributed by atoms with Crippen LogP contribution in [0.1, 0.15) is 43.9 Å². The topological polar surface area (TPSA) is 96.1 Å². The highest BCUT2D eigenvalue weighted by molar-refractivity contribution is 5.91. The number of amides is 2. The molecule has 1 aromatic heterocycles. The summed E-state index contributed by atoms with van der Waals surface area (Å²) in [7, 11) is 0. The summed E-state index contributed by atoms with van der Waals surface area (Å²) >= 11 is 0. The number of ether oxygens (including phenoxy) is 1. The summed E-state index contributed by atoms with van der Waals surface area (Å²) in [5, 5.41) is 12.0. The number of H-pyrrole nitrogens is 1. The fourth-order valence-electron chi connectivity index (χ4n) is 2.85. The largest absolute Gasteiger partial charge is 0.446 e. The van der Waals surface area contributed by atoms with Crippen LogP contribution in [0.5, 0.6) is 0 Å². The number of rotatable bonds is 6. The molecule has 7 nitrogen and oxygen atoms in total. The molecule has 2 amide bonds. The predicted octanol–water partition coefficient (Wildman–Crippen LogP) is 3.45. The van der Waals surface area contributed by atoms with E-state index in [2.05, 4.69) is 20.8 Å². The average Bonchev–Trinajstić information content (AvgIpc) is 3.05. The highest BCUT2D eigenvalue weighted by Gasteiger charge is 2.34. The zero-order valence-corrected chi connectivity index (χ0v) is 15.6. The number of alkyl carbamates (subject to hydrolysis) is 1. The molecule has 1 saturated carbocycles. The molecule has 3 N–H and O–H groups in total. The van der Waals surface area contributed by atoms with Gasteiger partial charge in [-0.1, -0.05) is 19.9 Å². The van der Waals surface area contributed by atoms with E-state index in [1.165, 1.54) is 6.07 Å². The van der Waals surface area contributed by atoms with E-state index in [1.807, 2.05) is 0 Å². The van der Waals surface area contributed by atoms with Gasteiger partial charge in [0, 0.05) is 29.2 Å². The average molecular weight is 392 g/mol. The number of nitrogens with one attached hydrogen (secondary N) is 3. The minimum Gasteiger partial charge on any atom is -0.446 e. The van der Waals surface area contributed by atoms with E-state index in [0.717, 1.165) is 17.8 Å². The highest BCUT2D eigenvalue weighted by atomic mass is 19.1. The van der Waals surface area contributed by atoms with Gasteiger partial charge in [0.05, 0.1) is 6.54 Å². The van der Waals surface area contributed by atoms with Crippen LogP contribution in [0.2, 0.25) is 0 Å². The van der Waals surface area contributed by atoms with Crippen LogP contribution in [0.4, 0.5) is 19.4 Å². The third-order valence-electron chi connectivity index (χ3n) is 4.65. The van der Waals surface area contributed by atoms with Crippen LogP contribution in [-0.2, 0) is 16.1 Å². The van der Waals surface area contributed by atoms with Gasteiger partial charge in [0.25, 0.3) is 0 Å². The first kappa shape index (κ1) is 19.8. The highest BCUT2D eigenvalue weighted by Crippen LogP contribution is 2.38. The van der Waals surface area contributed by atoms with E-state index >= 15 is 0 Å². The minimum atomic E-state index is -0.722. The number of aromatic nitrogens is 2. The maximum atomic E-state index is 13.5. The van der Waals surface area contributed by atoms with Crippen LogP contribution in [0.3, 0.4) is 0 Å². The van der Waals surface area contributed by atoms with Crippen molar-refractivity contribution in [2.45, 2.75) is 45.3 Å². The monoisotopic (exact) mass is 392 g/mol.